The van der Waals surface area contributed by atoms with E-state index in [0.29, 0.717) is 13.0 Å². The van der Waals surface area contributed by atoms with Gasteiger partial charge in [-0.1, -0.05) is 17.7 Å². The molecule has 0 aliphatic carbocycles. The Morgan fingerprint density at radius 2 is 2.22 bits per heavy atom. The predicted molar refractivity (Wildman–Crippen MR) is 73.5 cm³/mol. The monoisotopic (exact) mass is 266 g/mol. The molecular weight excluding hydrogens is 248 g/mol. The van der Waals surface area contributed by atoms with Gasteiger partial charge < -0.3 is 10.6 Å². The standard InChI is InChI=1S/C14H19ClN2O/c1-3-17-13(18)7-6-12(16)14(17)11-5-4-10(15)8-9(11)2/h4-5,8,12,14H,3,6-7,16H2,1-2H3. The molecule has 2 rings (SSSR count). The van der Waals surface area contributed by atoms with Crippen LogP contribution in [0.25, 0.3) is 0 Å². The van der Waals surface area contributed by atoms with Crippen LogP contribution in [0.5, 0.6) is 0 Å². The zero-order valence-corrected chi connectivity index (χ0v) is 11.6. The van der Waals surface area contributed by atoms with Crippen molar-refractivity contribution >= 4 is 17.5 Å². The topological polar surface area (TPSA) is 46.3 Å². The summed E-state index contributed by atoms with van der Waals surface area (Å²) in [7, 11) is 0. The summed E-state index contributed by atoms with van der Waals surface area (Å²) in [6, 6.07) is 5.76. The molecule has 0 spiro atoms. The van der Waals surface area contributed by atoms with Crippen LogP contribution >= 0.6 is 11.6 Å². The molecule has 0 saturated carbocycles. The molecule has 2 unspecified atom stereocenters. The van der Waals surface area contributed by atoms with E-state index in [1.54, 1.807) is 0 Å². The van der Waals surface area contributed by atoms with Crippen LogP contribution in [0.2, 0.25) is 5.02 Å². The second kappa shape index (κ2) is 5.29. The smallest absolute Gasteiger partial charge is 0.223 e. The Morgan fingerprint density at radius 1 is 1.50 bits per heavy atom. The van der Waals surface area contributed by atoms with Gasteiger partial charge in [0.15, 0.2) is 0 Å². The van der Waals surface area contributed by atoms with Crippen LogP contribution < -0.4 is 5.73 Å². The van der Waals surface area contributed by atoms with E-state index in [1.807, 2.05) is 36.9 Å². The lowest BCUT2D eigenvalue weighted by molar-refractivity contribution is -0.137. The van der Waals surface area contributed by atoms with Gasteiger partial charge in [-0.2, -0.15) is 0 Å². The SMILES string of the molecule is CCN1C(=O)CCC(N)C1c1ccc(Cl)cc1C. The van der Waals surface area contributed by atoms with Gasteiger partial charge >= 0.3 is 0 Å². The minimum atomic E-state index is -0.0199. The highest BCUT2D eigenvalue weighted by Crippen LogP contribution is 2.33. The largest absolute Gasteiger partial charge is 0.334 e. The molecule has 1 aliphatic heterocycles. The van der Waals surface area contributed by atoms with Crippen molar-refractivity contribution < 1.29 is 4.79 Å². The first-order chi connectivity index (χ1) is 8.54. The highest BCUT2D eigenvalue weighted by atomic mass is 35.5. The number of aryl methyl sites for hydroxylation is 1. The second-order valence-electron chi connectivity index (χ2n) is 4.83. The van der Waals surface area contributed by atoms with E-state index in [2.05, 4.69) is 0 Å². The Morgan fingerprint density at radius 3 is 2.83 bits per heavy atom. The number of halogens is 1. The molecule has 1 saturated heterocycles. The lowest BCUT2D eigenvalue weighted by Gasteiger charge is -2.40. The van der Waals surface area contributed by atoms with Gasteiger partial charge in [-0.3, -0.25) is 4.79 Å². The summed E-state index contributed by atoms with van der Waals surface area (Å²) >= 11 is 5.98. The van der Waals surface area contributed by atoms with E-state index in [9.17, 15) is 4.79 Å². The van der Waals surface area contributed by atoms with Gasteiger partial charge in [-0.05, 0) is 43.5 Å². The number of hydrogen-bond acceptors (Lipinski definition) is 2. The molecule has 1 aliphatic rings. The first-order valence-electron chi connectivity index (χ1n) is 6.35. The maximum Gasteiger partial charge on any atom is 0.223 e. The fraction of sp³-hybridized carbons (Fsp3) is 0.500. The Bertz CT molecular complexity index is 461. The summed E-state index contributed by atoms with van der Waals surface area (Å²) in [6.45, 7) is 4.70. The molecular formula is C14H19ClN2O. The zero-order valence-electron chi connectivity index (χ0n) is 10.8. The average Bonchev–Trinajstić information content (AvgIpc) is 2.33. The molecule has 2 atom stereocenters. The van der Waals surface area contributed by atoms with Crippen LogP contribution in [0.4, 0.5) is 0 Å². The van der Waals surface area contributed by atoms with Gasteiger partial charge in [-0.25, -0.2) is 0 Å². The third kappa shape index (κ3) is 2.38. The molecule has 0 aromatic heterocycles. The number of carbonyl (C=O) groups is 1. The Labute approximate surface area is 113 Å². The number of nitrogens with two attached hydrogens (primary N) is 1. The van der Waals surface area contributed by atoms with Crippen molar-refractivity contribution in [2.75, 3.05) is 6.54 Å². The van der Waals surface area contributed by atoms with Gasteiger partial charge in [0.2, 0.25) is 5.91 Å². The quantitative estimate of drug-likeness (QED) is 0.895. The van der Waals surface area contributed by atoms with E-state index in [-0.39, 0.29) is 18.0 Å². The third-order valence-corrected chi connectivity index (χ3v) is 3.88. The molecule has 0 bridgehead atoms. The van der Waals surface area contributed by atoms with Crippen LogP contribution in [-0.2, 0) is 4.79 Å². The normalized spacial score (nSPS) is 24.4. The molecule has 2 N–H and O–H groups in total. The molecule has 98 valence electrons. The predicted octanol–water partition coefficient (Wildman–Crippen LogP) is 2.66. The van der Waals surface area contributed by atoms with E-state index >= 15 is 0 Å². The van der Waals surface area contributed by atoms with Gasteiger partial charge in [0, 0.05) is 24.0 Å². The summed E-state index contributed by atoms with van der Waals surface area (Å²) in [6.07, 6.45) is 1.31. The van der Waals surface area contributed by atoms with Crippen LogP contribution in [0.3, 0.4) is 0 Å². The van der Waals surface area contributed by atoms with Crippen molar-refractivity contribution in [3.8, 4) is 0 Å². The van der Waals surface area contributed by atoms with Gasteiger partial charge in [0.05, 0.1) is 6.04 Å². The Kier molecular flexibility index (Phi) is 3.93. The number of likely N-dealkylation sites (tertiary alicyclic amines) is 1. The Hall–Kier alpha value is -1.06. The number of amides is 1. The summed E-state index contributed by atoms with van der Waals surface area (Å²) in [4.78, 5) is 13.9. The second-order valence-corrected chi connectivity index (χ2v) is 5.26. The fourth-order valence-electron chi connectivity index (χ4n) is 2.72. The molecule has 1 aromatic carbocycles. The van der Waals surface area contributed by atoms with Crippen molar-refractivity contribution in [2.45, 2.75) is 38.8 Å². The van der Waals surface area contributed by atoms with Gasteiger partial charge in [0.1, 0.15) is 0 Å². The highest BCUT2D eigenvalue weighted by Gasteiger charge is 2.34. The first kappa shape index (κ1) is 13.4. The van der Waals surface area contributed by atoms with Crippen molar-refractivity contribution in [3.05, 3.63) is 34.3 Å². The van der Waals surface area contributed by atoms with Gasteiger partial charge in [-0.15, -0.1) is 0 Å². The number of hydrogen-bond donors (Lipinski definition) is 1. The molecule has 1 amide bonds. The summed E-state index contributed by atoms with van der Waals surface area (Å²) < 4.78 is 0. The third-order valence-electron chi connectivity index (χ3n) is 3.64. The molecule has 1 heterocycles. The molecule has 0 radical (unpaired) electrons. The molecule has 4 heteroatoms. The van der Waals surface area contributed by atoms with E-state index in [1.165, 1.54) is 0 Å². The number of carbonyl (C=O) groups excluding carboxylic acids is 1. The van der Waals surface area contributed by atoms with Crippen molar-refractivity contribution in [1.29, 1.82) is 0 Å². The van der Waals surface area contributed by atoms with Crippen LogP contribution in [0.1, 0.15) is 36.9 Å². The van der Waals surface area contributed by atoms with Crippen molar-refractivity contribution in [3.63, 3.8) is 0 Å². The van der Waals surface area contributed by atoms with Crippen LogP contribution in [-0.4, -0.2) is 23.4 Å². The number of piperidine rings is 1. The van der Waals surface area contributed by atoms with Crippen LogP contribution in [0.15, 0.2) is 18.2 Å². The average molecular weight is 267 g/mol. The molecule has 18 heavy (non-hydrogen) atoms. The lowest BCUT2D eigenvalue weighted by atomic mass is 9.88. The summed E-state index contributed by atoms with van der Waals surface area (Å²) in [5.41, 5.74) is 8.43. The highest BCUT2D eigenvalue weighted by molar-refractivity contribution is 6.30. The molecule has 1 fully saturated rings. The van der Waals surface area contributed by atoms with Crippen molar-refractivity contribution in [1.82, 2.24) is 4.90 Å². The minimum Gasteiger partial charge on any atom is -0.334 e. The fourth-order valence-corrected chi connectivity index (χ4v) is 2.95. The molecule has 3 nitrogen and oxygen atoms in total. The minimum absolute atomic E-state index is 0.00234. The van der Waals surface area contributed by atoms with Crippen molar-refractivity contribution in [2.24, 2.45) is 5.73 Å². The van der Waals surface area contributed by atoms with E-state index in [4.69, 9.17) is 17.3 Å². The Balaban J connectivity index is 2.41. The number of rotatable bonds is 2. The summed E-state index contributed by atoms with van der Waals surface area (Å²) in [5, 5.41) is 0.718. The number of likely N-dealkylation sites (N-methyl/N-ethyl adjacent to an activating group) is 1. The van der Waals surface area contributed by atoms with Gasteiger partial charge in [0.25, 0.3) is 0 Å². The number of benzene rings is 1. The maximum atomic E-state index is 12.0. The lowest BCUT2D eigenvalue weighted by Crippen LogP contribution is -2.48. The number of nitrogens with zero attached hydrogens (tertiary/aromatic N) is 1. The van der Waals surface area contributed by atoms with E-state index < -0.39 is 0 Å². The zero-order chi connectivity index (χ0) is 13.3. The maximum absolute atomic E-state index is 12.0. The first-order valence-corrected chi connectivity index (χ1v) is 6.73. The summed E-state index contributed by atoms with van der Waals surface area (Å²) in [5.74, 6) is 0.193. The van der Waals surface area contributed by atoms with Crippen LogP contribution in [0, 0.1) is 6.92 Å². The van der Waals surface area contributed by atoms with E-state index in [0.717, 1.165) is 22.6 Å². The molecule has 1 aromatic rings.